The van der Waals surface area contributed by atoms with Crippen LogP contribution in [0.4, 0.5) is 0 Å². The number of fused-ring (bicyclic) bond motifs is 2. The van der Waals surface area contributed by atoms with Crippen molar-refractivity contribution in [2.75, 3.05) is 13.0 Å². The first-order valence-corrected chi connectivity index (χ1v) is 9.40. The second-order valence-corrected chi connectivity index (χ2v) is 8.35. The number of sulfone groups is 1. The smallest absolute Gasteiger partial charge is 0.310 e. The van der Waals surface area contributed by atoms with Gasteiger partial charge in [-0.25, -0.2) is 8.42 Å². The van der Waals surface area contributed by atoms with Crippen molar-refractivity contribution in [2.45, 2.75) is 30.2 Å². The van der Waals surface area contributed by atoms with Gasteiger partial charge in [0.25, 0.3) is 0 Å². The summed E-state index contributed by atoms with van der Waals surface area (Å²) in [4.78, 5) is 12.2. The molecule has 0 heterocycles. The largest absolute Gasteiger partial charge is 0.508 e. The minimum absolute atomic E-state index is 0.0239. The highest BCUT2D eigenvalue weighted by Crippen LogP contribution is 2.48. The first kappa shape index (κ1) is 16.3. The van der Waals surface area contributed by atoms with Crippen molar-refractivity contribution in [1.29, 1.82) is 0 Å². The third kappa shape index (κ3) is 3.07. The molecule has 3 rings (SSSR count). The van der Waals surface area contributed by atoms with Gasteiger partial charge in [0, 0.05) is 6.04 Å². The number of aromatic hydroxyl groups is 1. The Morgan fingerprint density at radius 3 is 2.57 bits per heavy atom. The summed E-state index contributed by atoms with van der Waals surface area (Å²) in [6.07, 6.45) is 2.99. The number of nitrogens with one attached hydrogen (secondary N) is 1. The van der Waals surface area contributed by atoms with Crippen molar-refractivity contribution in [3.8, 4) is 5.75 Å². The molecule has 126 valence electrons. The van der Waals surface area contributed by atoms with Gasteiger partial charge in [-0.15, -0.1) is 0 Å². The summed E-state index contributed by atoms with van der Waals surface area (Å²) in [6.45, 7) is 0. The average Bonchev–Trinajstić information content (AvgIpc) is 3.13. The Bertz CT molecular complexity index is 685. The normalized spacial score (nSPS) is 29.6. The predicted octanol–water partition coefficient (Wildman–Crippen LogP) is 1.30. The van der Waals surface area contributed by atoms with Gasteiger partial charge in [-0.1, -0.05) is 0 Å². The lowest BCUT2D eigenvalue weighted by atomic mass is 9.84. The molecule has 4 unspecified atom stereocenters. The molecule has 0 amide bonds. The number of phenols is 1. The highest BCUT2D eigenvalue weighted by Gasteiger charge is 2.51. The Morgan fingerprint density at radius 1 is 1.26 bits per heavy atom. The number of carbonyl (C=O) groups is 1. The van der Waals surface area contributed by atoms with Crippen molar-refractivity contribution in [2.24, 2.45) is 17.8 Å². The van der Waals surface area contributed by atoms with Gasteiger partial charge < -0.3 is 9.84 Å². The van der Waals surface area contributed by atoms with E-state index < -0.39 is 9.84 Å². The van der Waals surface area contributed by atoms with E-state index in [0.717, 1.165) is 19.3 Å². The highest BCUT2D eigenvalue weighted by molar-refractivity contribution is 7.91. The van der Waals surface area contributed by atoms with Crippen LogP contribution in [0.3, 0.4) is 0 Å². The molecule has 23 heavy (non-hydrogen) atoms. The van der Waals surface area contributed by atoms with Crippen LogP contribution in [0.2, 0.25) is 0 Å². The molecule has 0 radical (unpaired) electrons. The molecule has 4 atom stereocenters. The molecular weight excluding hydrogens is 318 g/mol. The zero-order chi connectivity index (χ0) is 16.6. The summed E-state index contributed by atoms with van der Waals surface area (Å²) in [7, 11) is -2.14. The van der Waals surface area contributed by atoms with Crippen LogP contribution < -0.4 is 5.32 Å². The van der Waals surface area contributed by atoms with Crippen LogP contribution in [-0.4, -0.2) is 38.5 Å². The van der Waals surface area contributed by atoms with Crippen molar-refractivity contribution in [1.82, 2.24) is 5.32 Å². The minimum atomic E-state index is -3.51. The monoisotopic (exact) mass is 339 g/mol. The molecule has 0 spiro atoms. The summed E-state index contributed by atoms with van der Waals surface area (Å²) in [5, 5.41) is 12.3. The van der Waals surface area contributed by atoms with Crippen LogP contribution in [-0.2, 0) is 19.4 Å². The van der Waals surface area contributed by atoms with Crippen LogP contribution in [0.15, 0.2) is 29.2 Å². The molecular formula is C16H21NO5S. The first-order valence-electron chi connectivity index (χ1n) is 7.75. The molecule has 0 aromatic heterocycles. The van der Waals surface area contributed by atoms with Gasteiger partial charge in [0.2, 0.25) is 0 Å². The van der Waals surface area contributed by atoms with Gasteiger partial charge in [-0.3, -0.25) is 10.1 Å². The molecule has 2 aliphatic carbocycles. The van der Waals surface area contributed by atoms with E-state index >= 15 is 0 Å². The van der Waals surface area contributed by atoms with Crippen LogP contribution in [0.1, 0.15) is 19.3 Å². The first-order chi connectivity index (χ1) is 10.9. The third-order valence-electron chi connectivity index (χ3n) is 5.09. The van der Waals surface area contributed by atoms with Gasteiger partial charge in [0.15, 0.2) is 9.84 Å². The lowest BCUT2D eigenvalue weighted by Crippen LogP contribution is -2.46. The van der Waals surface area contributed by atoms with E-state index in [0.29, 0.717) is 11.8 Å². The fourth-order valence-electron chi connectivity index (χ4n) is 4.00. The average molecular weight is 339 g/mol. The highest BCUT2D eigenvalue weighted by atomic mass is 32.2. The quantitative estimate of drug-likeness (QED) is 0.786. The van der Waals surface area contributed by atoms with Crippen LogP contribution in [0.5, 0.6) is 5.75 Å². The number of methoxy groups -OCH3 is 1. The maximum atomic E-state index is 12.4. The molecule has 2 saturated carbocycles. The lowest BCUT2D eigenvalue weighted by Gasteiger charge is -2.29. The Morgan fingerprint density at radius 2 is 1.91 bits per heavy atom. The van der Waals surface area contributed by atoms with E-state index in [2.05, 4.69) is 5.32 Å². The molecule has 0 saturated heterocycles. The van der Waals surface area contributed by atoms with E-state index in [-0.39, 0.29) is 34.5 Å². The Hall–Kier alpha value is -1.60. The molecule has 2 fully saturated rings. The molecule has 2 bridgehead atoms. The molecule has 7 heteroatoms. The number of rotatable bonds is 5. The number of ether oxygens (including phenoxy) is 1. The summed E-state index contributed by atoms with van der Waals surface area (Å²) >= 11 is 0. The van der Waals surface area contributed by atoms with Crippen molar-refractivity contribution in [3.05, 3.63) is 24.3 Å². The molecule has 1 aromatic rings. The second kappa shape index (κ2) is 6.13. The summed E-state index contributed by atoms with van der Waals surface area (Å²) < 4.78 is 29.7. The minimum Gasteiger partial charge on any atom is -0.508 e. The number of hydrogen-bond acceptors (Lipinski definition) is 6. The van der Waals surface area contributed by atoms with Crippen molar-refractivity contribution in [3.63, 3.8) is 0 Å². The second-order valence-electron chi connectivity index (χ2n) is 6.37. The van der Waals surface area contributed by atoms with Crippen LogP contribution >= 0.6 is 0 Å². The zero-order valence-corrected chi connectivity index (χ0v) is 13.8. The molecule has 2 aliphatic rings. The zero-order valence-electron chi connectivity index (χ0n) is 12.9. The topological polar surface area (TPSA) is 92.7 Å². The molecule has 1 aromatic carbocycles. The Labute approximate surface area is 135 Å². The van der Waals surface area contributed by atoms with E-state index in [1.165, 1.54) is 31.4 Å². The third-order valence-corrected chi connectivity index (χ3v) is 6.63. The van der Waals surface area contributed by atoms with Crippen molar-refractivity contribution >= 4 is 15.8 Å². The van der Waals surface area contributed by atoms with Gasteiger partial charge in [-0.05, 0) is 55.4 Å². The Balaban J connectivity index is 1.71. The van der Waals surface area contributed by atoms with Gasteiger partial charge in [0.1, 0.15) is 11.6 Å². The fraction of sp³-hybridized carbons (Fsp3) is 0.562. The summed E-state index contributed by atoms with van der Waals surface area (Å²) in [5.41, 5.74) is 0. The maximum absolute atomic E-state index is 12.4. The fourth-order valence-corrected chi connectivity index (χ4v) is 5.13. The number of hydrogen-bond donors (Lipinski definition) is 2. The maximum Gasteiger partial charge on any atom is 0.310 e. The predicted molar refractivity (Wildman–Crippen MR) is 83.4 cm³/mol. The number of carbonyl (C=O) groups excluding carboxylic acids is 1. The van der Waals surface area contributed by atoms with E-state index in [1.54, 1.807) is 0 Å². The number of phenolic OH excluding ortho intramolecular Hbond substituents is 1. The van der Waals surface area contributed by atoms with Crippen LogP contribution in [0, 0.1) is 17.8 Å². The SMILES string of the molecule is COC(=O)C1C2CCC(C2)C1NCS(=O)(=O)c1ccc(O)cc1. The molecule has 2 N–H and O–H groups in total. The number of benzene rings is 1. The molecule has 6 nitrogen and oxygen atoms in total. The number of esters is 1. The van der Waals surface area contributed by atoms with Crippen LogP contribution in [0.25, 0.3) is 0 Å². The van der Waals surface area contributed by atoms with Gasteiger partial charge in [-0.2, -0.15) is 0 Å². The van der Waals surface area contributed by atoms with Crippen molar-refractivity contribution < 1.29 is 23.1 Å². The Kier molecular flexibility index (Phi) is 4.33. The standard InChI is InChI=1S/C16H21NO5S/c1-22-16(19)14-10-2-3-11(8-10)15(14)17-9-23(20,21)13-6-4-12(18)5-7-13/h4-7,10-11,14-15,17-18H,2-3,8-9H2,1H3. The van der Waals surface area contributed by atoms with Gasteiger partial charge in [0.05, 0.1) is 17.9 Å². The summed E-state index contributed by atoms with van der Waals surface area (Å²) in [5.74, 6) is -0.0826. The van der Waals surface area contributed by atoms with E-state index in [9.17, 15) is 18.3 Å². The lowest BCUT2D eigenvalue weighted by molar-refractivity contribution is -0.148. The molecule has 0 aliphatic heterocycles. The van der Waals surface area contributed by atoms with E-state index in [4.69, 9.17) is 4.74 Å². The summed E-state index contributed by atoms with van der Waals surface area (Å²) in [6, 6.07) is 5.31. The van der Waals surface area contributed by atoms with Gasteiger partial charge >= 0.3 is 5.97 Å². The van der Waals surface area contributed by atoms with E-state index in [1.807, 2.05) is 0 Å².